The maximum absolute atomic E-state index is 2.31. The third kappa shape index (κ3) is 3.00. The van der Waals surface area contributed by atoms with E-state index in [-0.39, 0.29) is 0 Å². The van der Waals surface area contributed by atoms with Crippen molar-refractivity contribution in [3.8, 4) is 33.4 Å². The van der Waals surface area contributed by atoms with Gasteiger partial charge in [0.15, 0.2) is 0 Å². The number of benzene rings is 5. The van der Waals surface area contributed by atoms with E-state index < -0.39 is 0 Å². The van der Waals surface area contributed by atoms with Crippen LogP contribution in [0.5, 0.6) is 0 Å². The molecule has 0 heteroatoms. The number of fused-ring (bicyclic) bond motifs is 1. The molecule has 5 aromatic carbocycles. The molecule has 0 spiro atoms. The summed E-state index contributed by atoms with van der Waals surface area (Å²) in [4.78, 5) is 0. The van der Waals surface area contributed by atoms with Crippen LogP contribution in [0.25, 0.3) is 44.2 Å². The summed E-state index contributed by atoms with van der Waals surface area (Å²) in [7, 11) is 0. The lowest BCUT2D eigenvalue weighted by Crippen LogP contribution is -1.90. The van der Waals surface area contributed by atoms with E-state index in [1.165, 1.54) is 44.2 Å². The van der Waals surface area contributed by atoms with Crippen molar-refractivity contribution in [1.29, 1.82) is 0 Å². The fourth-order valence-electron chi connectivity index (χ4n) is 3.92. The second-order valence-corrected chi connectivity index (χ2v) is 7.02. The molecule has 0 saturated carbocycles. The molecule has 0 N–H and O–H groups in total. The van der Waals surface area contributed by atoms with E-state index in [4.69, 9.17) is 0 Å². The number of hydrogen-bond donors (Lipinski definition) is 0. The molecule has 5 rings (SSSR count). The quantitative estimate of drug-likeness (QED) is 0.309. The van der Waals surface area contributed by atoms with Crippen LogP contribution in [0.2, 0.25) is 0 Å². The molecule has 5 aromatic rings. The second-order valence-electron chi connectivity index (χ2n) is 7.02. The lowest BCUT2D eigenvalue weighted by molar-refractivity contribution is 1.57. The van der Waals surface area contributed by atoms with Crippen LogP contribution in [0.4, 0.5) is 0 Å². The zero-order chi connectivity index (χ0) is 18.8. The van der Waals surface area contributed by atoms with E-state index in [1.54, 1.807) is 0 Å². The Labute approximate surface area is 165 Å². The van der Waals surface area contributed by atoms with Gasteiger partial charge in [0.1, 0.15) is 0 Å². The first kappa shape index (κ1) is 16.5. The van der Waals surface area contributed by atoms with E-state index in [1.807, 2.05) is 0 Å². The van der Waals surface area contributed by atoms with Gasteiger partial charge in [0, 0.05) is 0 Å². The van der Waals surface area contributed by atoms with Crippen molar-refractivity contribution in [2.24, 2.45) is 0 Å². The van der Waals surface area contributed by atoms with Crippen LogP contribution in [0.3, 0.4) is 0 Å². The van der Waals surface area contributed by atoms with Gasteiger partial charge in [-0.15, -0.1) is 0 Å². The standard InChI is InChI=1S/C28H20/c1-3-11-22(12-4-1)26-16-9-17-27(23-13-5-2-6-14-23)28(26)25-19-18-21-10-7-8-15-24(21)20-25/h1-20H. The summed E-state index contributed by atoms with van der Waals surface area (Å²) in [5, 5.41) is 2.53. The third-order valence-corrected chi connectivity index (χ3v) is 5.27. The van der Waals surface area contributed by atoms with Crippen LogP contribution in [0.1, 0.15) is 0 Å². The molecule has 0 fully saturated rings. The summed E-state index contributed by atoms with van der Waals surface area (Å²) in [6.07, 6.45) is 0. The average molecular weight is 356 g/mol. The van der Waals surface area contributed by atoms with E-state index in [0.29, 0.717) is 0 Å². The van der Waals surface area contributed by atoms with Gasteiger partial charge in [0.05, 0.1) is 0 Å². The maximum Gasteiger partial charge on any atom is -0.00266 e. The fourth-order valence-corrected chi connectivity index (χ4v) is 3.92. The van der Waals surface area contributed by atoms with Gasteiger partial charge in [-0.3, -0.25) is 0 Å². The Morgan fingerprint density at radius 3 is 1.46 bits per heavy atom. The van der Waals surface area contributed by atoms with Crippen molar-refractivity contribution in [2.75, 3.05) is 0 Å². The van der Waals surface area contributed by atoms with Gasteiger partial charge in [-0.25, -0.2) is 0 Å². The maximum atomic E-state index is 2.31. The van der Waals surface area contributed by atoms with Crippen molar-refractivity contribution in [3.05, 3.63) is 121 Å². The summed E-state index contributed by atoms with van der Waals surface area (Å²) in [6.45, 7) is 0. The Hall–Kier alpha value is -3.64. The van der Waals surface area contributed by atoms with Crippen molar-refractivity contribution in [2.45, 2.75) is 0 Å². The largest absolute Gasteiger partial charge is 0.0622 e. The molecule has 0 radical (unpaired) electrons. The molecule has 132 valence electrons. The zero-order valence-electron chi connectivity index (χ0n) is 15.5. The minimum Gasteiger partial charge on any atom is -0.0622 e. The molecule has 28 heavy (non-hydrogen) atoms. The third-order valence-electron chi connectivity index (χ3n) is 5.27. The molecule has 0 aliphatic rings. The number of hydrogen-bond acceptors (Lipinski definition) is 0. The normalized spacial score (nSPS) is 10.9. The predicted octanol–water partition coefficient (Wildman–Crippen LogP) is 7.84. The Bertz CT molecular complexity index is 1180. The highest BCUT2D eigenvalue weighted by molar-refractivity contribution is 5.97. The first-order chi connectivity index (χ1) is 13.9. The minimum atomic E-state index is 1.24. The van der Waals surface area contributed by atoms with Crippen LogP contribution >= 0.6 is 0 Å². The fraction of sp³-hybridized carbons (Fsp3) is 0. The van der Waals surface area contributed by atoms with Crippen molar-refractivity contribution in [3.63, 3.8) is 0 Å². The molecule has 0 saturated heterocycles. The van der Waals surface area contributed by atoms with Gasteiger partial charge >= 0.3 is 0 Å². The topological polar surface area (TPSA) is 0 Å². The van der Waals surface area contributed by atoms with Gasteiger partial charge < -0.3 is 0 Å². The monoisotopic (exact) mass is 356 g/mol. The van der Waals surface area contributed by atoms with Gasteiger partial charge in [-0.05, 0) is 50.2 Å². The van der Waals surface area contributed by atoms with Crippen LogP contribution in [-0.4, -0.2) is 0 Å². The van der Waals surface area contributed by atoms with Gasteiger partial charge in [-0.2, -0.15) is 0 Å². The molecule has 0 heterocycles. The highest BCUT2D eigenvalue weighted by Gasteiger charge is 2.14. The smallest absolute Gasteiger partial charge is 0.00266 e. The van der Waals surface area contributed by atoms with Gasteiger partial charge in [0.2, 0.25) is 0 Å². The zero-order valence-corrected chi connectivity index (χ0v) is 15.5. The van der Waals surface area contributed by atoms with Crippen molar-refractivity contribution < 1.29 is 0 Å². The van der Waals surface area contributed by atoms with Crippen LogP contribution in [-0.2, 0) is 0 Å². The summed E-state index contributed by atoms with van der Waals surface area (Å²) in [5.41, 5.74) is 7.53. The van der Waals surface area contributed by atoms with Gasteiger partial charge in [0.25, 0.3) is 0 Å². The Morgan fingerprint density at radius 2 is 0.857 bits per heavy atom. The summed E-state index contributed by atoms with van der Waals surface area (Å²) in [6, 6.07) is 43.3. The summed E-state index contributed by atoms with van der Waals surface area (Å²) >= 11 is 0. The Balaban J connectivity index is 1.82. The highest BCUT2D eigenvalue weighted by Crippen LogP contribution is 2.40. The Morgan fingerprint density at radius 1 is 0.321 bits per heavy atom. The van der Waals surface area contributed by atoms with Crippen molar-refractivity contribution >= 4 is 10.8 Å². The molecule has 0 bridgehead atoms. The predicted molar refractivity (Wildman–Crippen MR) is 120 cm³/mol. The highest BCUT2D eigenvalue weighted by atomic mass is 14.2. The molecular weight excluding hydrogens is 336 g/mol. The molecule has 0 amide bonds. The molecule has 0 atom stereocenters. The number of rotatable bonds is 3. The van der Waals surface area contributed by atoms with E-state index in [0.717, 1.165) is 0 Å². The van der Waals surface area contributed by atoms with Crippen molar-refractivity contribution in [1.82, 2.24) is 0 Å². The summed E-state index contributed by atoms with van der Waals surface area (Å²) in [5.74, 6) is 0. The lowest BCUT2D eigenvalue weighted by Gasteiger charge is -2.17. The van der Waals surface area contributed by atoms with Crippen LogP contribution < -0.4 is 0 Å². The minimum absolute atomic E-state index is 1.24. The molecule has 0 aliphatic carbocycles. The molecular formula is C28H20. The summed E-state index contributed by atoms with van der Waals surface area (Å²) < 4.78 is 0. The molecule has 0 unspecified atom stereocenters. The van der Waals surface area contributed by atoms with E-state index >= 15 is 0 Å². The first-order valence-corrected chi connectivity index (χ1v) is 9.63. The first-order valence-electron chi connectivity index (χ1n) is 9.63. The molecule has 0 nitrogen and oxygen atoms in total. The Kier molecular flexibility index (Phi) is 4.23. The average Bonchev–Trinajstić information content (AvgIpc) is 2.79. The second kappa shape index (κ2) is 7.17. The van der Waals surface area contributed by atoms with E-state index in [2.05, 4.69) is 121 Å². The van der Waals surface area contributed by atoms with Crippen LogP contribution in [0, 0.1) is 0 Å². The van der Waals surface area contributed by atoms with Gasteiger partial charge in [-0.1, -0.05) is 115 Å². The molecule has 0 aliphatic heterocycles. The van der Waals surface area contributed by atoms with Crippen LogP contribution in [0.15, 0.2) is 121 Å². The lowest BCUT2D eigenvalue weighted by atomic mass is 9.87. The van der Waals surface area contributed by atoms with E-state index in [9.17, 15) is 0 Å². The SMILES string of the molecule is c1ccc(-c2cccc(-c3ccccc3)c2-c2ccc3ccccc3c2)cc1. The molecule has 0 aromatic heterocycles.